The first-order valence-electron chi connectivity index (χ1n) is 10.1. The molecule has 3 aromatic rings. The number of carbonyl (C=O) groups excluding carboxylic acids is 2. The van der Waals surface area contributed by atoms with Crippen molar-refractivity contribution in [2.24, 2.45) is 0 Å². The van der Waals surface area contributed by atoms with Gasteiger partial charge in [0.25, 0.3) is 5.78 Å². The minimum absolute atomic E-state index is 0.00181. The number of esters is 1. The fourth-order valence-electron chi connectivity index (χ4n) is 3.50. The Balaban J connectivity index is 1.73. The fraction of sp³-hybridized carbons (Fsp3) is 0.409. The van der Waals surface area contributed by atoms with Crippen molar-refractivity contribution < 1.29 is 14.3 Å². The van der Waals surface area contributed by atoms with E-state index in [-0.39, 0.29) is 24.9 Å². The lowest BCUT2D eigenvalue weighted by molar-refractivity contribution is -0.148. The molecule has 0 aliphatic heterocycles. The van der Waals surface area contributed by atoms with Crippen molar-refractivity contribution >= 4 is 29.3 Å². The van der Waals surface area contributed by atoms with E-state index < -0.39 is 12.0 Å². The van der Waals surface area contributed by atoms with Crippen LogP contribution in [0.4, 0.5) is 0 Å². The summed E-state index contributed by atoms with van der Waals surface area (Å²) in [5, 5.41) is 7.60. The molecule has 8 nitrogen and oxygen atoms in total. The van der Waals surface area contributed by atoms with Gasteiger partial charge in [0.15, 0.2) is 0 Å². The van der Waals surface area contributed by atoms with Crippen molar-refractivity contribution in [2.75, 3.05) is 0 Å². The highest BCUT2D eigenvalue weighted by molar-refractivity contribution is 6.31. The maximum Gasteiger partial charge on any atom is 0.308 e. The van der Waals surface area contributed by atoms with Crippen LogP contribution in [0.2, 0.25) is 5.02 Å². The van der Waals surface area contributed by atoms with E-state index in [9.17, 15) is 9.59 Å². The molecule has 0 saturated heterocycles. The van der Waals surface area contributed by atoms with Crippen LogP contribution < -0.4 is 5.32 Å². The van der Waals surface area contributed by atoms with E-state index in [0.29, 0.717) is 22.8 Å². The Morgan fingerprint density at radius 3 is 2.68 bits per heavy atom. The third kappa shape index (κ3) is 5.58. The minimum atomic E-state index is -0.578. The van der Waals surface area contributed by atoms with Gasteiger partial charge in [-0.15, -0.1) is 0 Å². The first-order valence-corrected chi connectivity index (χ1v) is 10.5. The van der Waals surface area contributed by atoms with Gasteiger partial charge in [-0.2, -0.15) is 10.1 Å². The average molecular weight is 444 g/mol. The molecule has 0 aliphatic rings. The number of carbonyl (C=O) groups is 2. The molecule has 1 N–H and O–H groups in total. The highest BCUT2D eigenvalue weighted by Gasteiger charge is 2.22. The third-order valence-corrected chi connectivity index (χ3v) is 5.29. The molecule has 1 amide bonds. The Bertz CT molecular complexity index is 1100. The molecule has 164 valence electrons. The summed E-state index contributed by atoms with van der Waals surface area (Å²) in [4.78, 5) is 33.6. The minimum Gasteiger partial charge on any atom is -0.463 e. The van der Waals surface area contributed by atoms with Crippen molar-refractivity contribution in [3.05, 3.63) is 58.1 Å². The summed E-state index contributed by atoms with van der Waals surface area (Å²) in [5.41, 5.74) is 3.34. The summed E-state index contributed by atoms with van der Waals surface area (Å²) in [6.45, 7) is 7.39. The number of halogens is 1. The van der Waals surface area contributed by atoms with Crippen LogP contribution in [0.5, 0.6) is 0 Å². The predicted octanol–water partition coefficient (Wildman–Crippen LogP) is 3.53. The summed E-state index contributed by atoms with van der Waals surface area (Å²) in [6, 6.07) is 6.57. The van der Waals surface area contributed by atoms with Gasteiger partial charge in [-0.3, -0.25) is 9.59 Å². The maximum absolute atomic E-state index is 12.8. The Labute approximate surface area is 186 Å². The monoisotopic (exact) mass is 443 g/mol. The Kier molecular flexibility index (Phi) is 7.22. The molecular formula is C22H26ClN5O3. The highest BCUT2D eigenvalue weighted by atomic mass is 35.5. The number of aryl methyl sites for hydroxylation is 2. The largest absolute Gasteiger partial charge is 0.463 e. The Morgan fingerprint density at radius 2 is 1.97 bits per heavy atom. The smallest absolute Gasteiger partial charge is 0.308 e. The van der Waals surface area contributed by atoms with E-state index in [1.165, 1.54) is 6.33 Å². The van der Waals surface area contributed by atoms with Crippen LogP contribution in [0.15, 0.2) is 30.6 Å². The molecule has 0 bridgehead atoms. The molecule has 2 aromatic heterocycles. The quantitative estimate of drug-likeness (QED) is 0.535. The fourth-order valence-corrected chi connectivity index (χ4v) is 3.76. The summed E-state index contributed by atoms with van der Waals surface area (Å²) in [6.07, 6.45) is 1.93. The van der Waals surface area contributed by atoms with Crippen LogP contribution in [-0.4, -0.2) is 37.6 Å². The summed E-state index contributed by atoms with van der Waals surface area (Å²) >= 11 is 6.32. The molecular weight excluding hydrogens is 418 g/mol. The first kappa shape index (κ1) is 22.7. The van der Waals surface area contributed by atoms with E-state index >= 15 is 0 Å². The molecule has 3 rings (SSSR count). The van der Waals surface area contributed by atoms with Crippen LogP contribution in [0.25, 0.3) is 5.78 Å². The zero-order chi connectivity index (χ0) is 22.5. The summed E-state index contributed by atoms with van der Waals surface area (Å²) in [5.74, 6) is -0.0573. The average Bonchev–Trinajstić information content (AvgIpc) is 3.15. The van der Waals surface area contributed by atoms with Gasteiger partial charge in [0.05, 0.1) is 18.6 Å². The second kappa shape index (κ2) is 9.87. The number of hydrogen-bond donors (Lipinski definition) is 1. The zero-order valence-corrected chi connectivity index (χ0v) is 18.8. The number of ether oxygens (including phenoxy) is 1. The standard InChI is InChI=1S/C22H26ClN5O3/c1-13(2)31-21(30)11-19(17-7-5-6-8-18(17)23)27-20(29)10-9-16-14(3)26-22-24-12-25-28(22)15(16)4/h5-8,12-13,19H,9-11H2,1-4H3,(H,27,29)/t19-/m0/s1. The van der Waals surface area contributed by atoms with Gasteiger partial charge in [0.1, 0.15) is 6.33 Å². The van der Waals surface area contributed by atoms with E-state index in [4.69, 9.17) is 16.3 Å². The molecule has 2 heterocycles. The Hall–Kier alpha value is -3.00. The molecule has 1 aromatic carbocycles. The van der Waals surface area contributed by atoms with E-state index in [0.717, 1.165) is 17.0 Å². The second-order valence-electron chi connectivity index (χ2n) is 7.62. The number of hydrogen-bond acceptors (Lipinski definition) is 6. The molecule has 0 spiro atoms. The van der Waals surface area contributed by atoms with Crippen molar-refractivity contribution in [1.82, 2.24) is 24.9 Å². The van der Waals surface area contributed by atoms with Gasteiger partial charge in [-0.25, -0.2) is 9.50 Å². The SMILES string of the molecule is Cc1nc2ncnn2c(C)c1CCC(=O)N[C@@H](CC(=O)OC(C)C)c1ccccc1Cl. The normalized spacial score (nSPS) is 12.2. The van der Waals surface area contributed by atoms with Gasteiger partial charge in [0, 0.05) is 22.8 Å². The van der Waals surface area contributed by atoms with E-state index in [1.54, 1.807) is 36.6 Å². The predicted molar refractivity (Wildman–Crippen MR) is 117 cm³/mol. The van der Waals surface area contributed by atoms with Gasteiger partial charge in [-0.1, -0.05) is 29.8 Å². The number of aromatic nitrogens is 4. The molecule has 0 fully saturated rings. The molecule has 0 aliphatic carbocycles. The van der Waals surface area contributed by atoms with Crippen LogP contribution >= 0.6 is 11.6 Å². The molecule has 31 heavy (non-hydrogen) atoms. The van der Waals surface area contributed by atoms with Crippen LogP contribution in [0, 0.1) is 13.8 Å². The van der Waals surface area contributed by atoms with Crippen molar-refractivity contribution in [1.29, 1.82) is 0 Å². The highest BCUT2D eigenvalue weighted by Crippen LogP contribution is 2.26. The lowest BCUT2D eigenvalue weighted by atomic mass is 10.0. The molecule has 0 unspecified atom stereocenters. The maximum atomic E-state index is 12.8. The number of amides is 1. The molecule has 0 saturated carbocycles. The number of benzene rings is 1. The zero-order valence-electron chi connectivity index (χ0n) is 18.1. The van der Waals surface area contributed by atoms with Crippen LogP contribution in [0.3, 0.4) is 0 Å². The molecule has 9 heteroatoms. The summed E-state index contributed by atoms with van der Waals surface area (Å²) in [7, 11) is 0. The topological polar surface area (TPSA) is 98.5 Å². The third-order valence-electron chi connectivity index (χ3n) is 4.94. The van der Waals surface area contributed by atoms with Gasteiger partial charge in [-0.05, 0) is 51.3 Å². The number of fused-ring (bicyclic) bond motifs is 1. The van der Waals surface area contributed by atoms with Gasteiger partial charge >= 0.3 is 5.97 Å². The lowest BCUT2D eigenvalue weighted by Gasteiger charge is -2.20. The van der Waals surface area contributed by atoms with Crippen LogP contribution in [0.1, 0.15) is 55.2 Å². The molecule has 1 atom stereocenters. The molecule has 0 radical (unpaired) electrons. The number of nitrogens with one attached hydrogen (secondary N) is 1. The first-order chi connectivity index (χ1) is 14.8. The van der Waals surface area contributed by atoms with Gasteiger partial charge < -0.3 is 10.1 Å². The van der Waals surface area contributed by atoms with Crippen molar-refractivity contribution in [3.8, 4) is 0 Å². The second-order valence-corrected chi connectivity index (χ2v) is 8.02. The van der Waals surface area contributed by atoms with Crippen molar-refractivity contribution in [3.63, 3.8) is 0 Å². The number of nitrogens with zero attached hydrogens (tertiary/aromatic N) is 4. The van der Waals surface area contributed by atoms with Gasteiger partial charge in [0.2, 0.25) is 5.91 Å². The Morgan fingerprint density at radius 1 is 1.23 bits per heavy atom. The van der Waals surface area contributed by atoms with E-state index in [1.807, 2.05) is 19.9 Å². The summed E-state index contributed by atoms with van der Waals surface area (Å²) < 4.78 is 6.92. The van der Waals surface area contributed by atoms with E-state index in [2.05, 4.69) is 20.4 Å². The number of rotatable bonds is 8. The van der Waals surface area contributed by atoms with Crippen molar-refractivity contribution in [2.45, 2.75) is 59.1 Å². The van der Waals surface area contributed by atoms with Crippen LogP contribution in [-0.2, 0) is 20.7 Å². The lowest BCUT2D eigenvalue weighted by Crippen LogP contribution is -2.31.